The molecule has 0 spiro atoms. The Balaban J connectivity index is 1.96. The molecule has 0 radical (unpaired) electrons. The first-order valence-electron chi connectivity index (χ1n) is 6.97. The number of hydrogen-bond donors (Lipinski definition) is 1. The van der Waals surface area contributed by atoms with Crippen LogP contribution in [0, 0.1) is 5.82 Å². The average molecular weight is 266 g/mol. The summed E-state index contributed by atoms with van der Waals surface area (Å²) in [4.78, 5) is 4.58. The molecule has 4 heteroatoms. The van der Waals surface area contributed by atoms with Crippen molar-refractivity contribution in [2.24, 2.45) is 0 Å². The molecule has 106 valence electrons. The van der Waals surface area contributed by atoms with Crippen molar-refractivity contribution in [1.82, 2.24) is 9.80 Å². The Labute approximate surface area is 114 Å². The number of nitrogens with zero attached hydrogens (tertiary/aromatic N) is 2. The largest absolute Gasteiger partial charge is 0.387 e. The summed E-state index contributed by atoms with van der Waals surface area (Å²) in [7, 11) is 2.14. The highest BCUT2D eigenvalue weighted by Crippen LogP contribution is 2.19. The Kier molecular flexibility index (Phi) is 4.91. The van der Waals surface area contributed by atoms with Crippen molar-refractivity contribution in [2.45, 2.75) is 25.5 Å². The summed E-state index contributed by atoms with van der Waals surface area (Å²) in [5.74, 6) is -0.323. The van der Waals surface area contributed by atoms with Crippen molar-refractivity contribution in [2.75, 3.05) is 33.2 Å². The molecule has 2 unspecified atom stereocenters. The van der Waals surface area contributed by atoms with E-state index in [4.69, 9.17) is 0 Å². The van der Waals surface area contributed by atoms with Crippen molar-refractivity contribution in [3.05, 3.63) is 35.6 Å². The van der Waals surface area contributed by atoms with Gasteiger partial charge in [-0.25, -0.2) is 4.39 Å². The van der Waals surface area contributed by atoms with Crippen LogP contribution in [-0.4, -0.2) is 54.2 Å². The molecule has 3 nitrogen and oxygen atoms in total. The fraction of sp³-hybridized carbons (Fsp3) is 0.600. The summed E-state index contributed by atoms with van der Waals surface area (Å²) >= 11 is 0. The van der Waals surface area contributed by atoms with Gasteiger partial charge in [0.1, 0.15) is 5.82 Å². The quantitative estimate of drug-likeness (QED) is 0.901. The molecule has 2 rings (SSSR count). The van der Waals surface area contributed by atoms with Crippen LogP contribution in [-0.2, 0) is 0 Å². The first-order valence-corrected chi connectivity index (χ1v) is 6.97. The van der Waals surface area contributed by atoms with Gasteiger partial charge in [-0.15, -0.1) is 0 Å². The molecule has 1 aliphatic heterocycles. The molecule has 1 N–H and O–H groups in total. The molecule has 0 aromatic heterocycles. The van der Waals surface area contributed by atoms with Gasteiger partial charge in [0.25, 0.3) is 0 Å². The monoisotopic (exact) mass is 266 g/mol. The van der Waals surface area contributed by atoms with Crippen LogP contribution < -0.4 is 0 Å². The van der Waals surface area contributed by atoms with Crippen molar-refractivity contribution >= 4 is 0 Å². The van der Waals surface area contributed by atoms with Crippen LogP contribution >= 0.6 is 0 Å². The van der Waals surface area contributed by atoms with E-state index in [2.05, 4.69) is 23.8 Å². The molecule has 0 saturated carbocycles. The zero-order valence-corrected chi connectivity index (χ0v) is 11.7. The van der Waals surface area contributed by atoms with E-state index >= 15 is 0 Å². The third kappa shape index (κ3) is 3.53. The lowest BCUT2D eigenvalue weighted by atomic mass is 10.1. The van der Waals surface area contributed by atoms with E-state index in [1.807, 2.05) is 0 Å². The number of aliphatic hydroxyl groups excluding tert-OH is 1. The highest BCUT2D eigenvalue weighted by atomic mass is 19.1. The zero-order valence-electron chi connectivity index (χ0n) is 11.7. The smallest absolute Gasteiger partial charge is 0.129 e. The first kappa shape index (κ1) is 14.4. The maximum atomic E-state index is 13.6. The number of halogens is 1. The highest BCUT2D eigenvalue weighted by Gasteiger charge is 2.25. The second-order valence-corrected chi connectivity index (χ2v) is 5.34. The summed E-state index contributed by atoms with van der Waals surface area (Å²) in [6.07, 6.45) is 0.352. The van der Waals surface area contributed by atoms with Gasteiger partial charge >= 0.3 is 0 Å². The van der Waals surface area contributed by atoms with Gasteiger partial charge < -0.3 is 10.0 Å². The van der Waals surface area contributed by atoms with Crippen LogP contribution in [0.2, 0.25) is 0 Å². The summed E-state index contributed by atoms with van der Waals surface area (Å²) < 4.78 is 13.6. The lowest BCUT2D eigenvalue weighted by molar-refractivity contribution is 0.0490. The van der Waals surface area contributed by atoms with Crippen molar-refractivity contribution in [1.29, 1.82) is 0 Å². The molecular formula is C15H23FN2O. The maximum absolute atomic E-state index is 13.6. The number of benzene rings is 1. The highest BCUT2D eigenvalue weighted by molar-refractivity contribution is 5.20. The van der Waals surface area contributed by atoms with Gasteiger partial charge in [-0.1, -0.05) is 25.1 Å². The first-order chi connectivity index (χ1) is 9.11. The van der Waals surface area contributed by atoms with Gasteiger partial charge in [0.05, 0.1) is 6.10 Å². The number of rotatable bonds is 4. The van der Waals surface area contributed by atoms with Crippen molar-refractivity contribution < 1.29 is 9.50 Å². The maximum Gasteiger partial charge on any atom is 0.129 e. The number of likely N-dealkylation sites (N-methyl/N-ethyl adjacent to an activating group) is 1. The number of aliphatic hydroxyl groups is 1. The van der Waals surface area contributed by atoms with Crippen LogP contribution in [0.3, 0.4) is 0 Å². The fourth-order valence-electron chi connectivity index (χ4n) is 2.71. The Bertz CT molecular complexity index is 413. The Morgan fingerprint density at radius 3 is 2.79 bits per heavy atom. The molecule has 1 aliphatic rings. The minimum atomic E-state index is -0.748. The Morgan fingerprint density at radius 2 is 2.11 bits per heavy atom. The number of β-amino-alcohol motifs (C(OH)–C–C–N with tert-alkyl or cyclic N) is 1. The minimum Gasteiger partial charge on any atom is -0.387 e. The fourth-order valence-corrected chi connectivity index (χ4v) is 2.71. The Morgan fingerprint density at radius 1 is 1.37 bits per heavy atom. The van der Waals surface area contributed by atoms with E-state index in [9.17, 15) is 9.50 Å². The van der Waals surface area contributed by atoms with E-state index < -0.39 is 6.10 Å². The molecular weight excluding hydrogens is 243 g/mol. The number of hydrogen-bond acceptors (Lipinski definition) is 3. The van der Waals surface area contributed by atoms with Gasteiger partial charge in [-0.2, -0.15) is 0 Å². The third-order valence-corrected chi connectivity index (χ3v) is 4.03. The summed E-state index contributed by atoms with van der Waals surface area (Å²) in [6.45, 7) is 5.56. The molecule has 1 aromatic rings. The van der Waals surface area contributed by atoms with E-state index in [0.29, 0.717) is 18.2 Å². The summed E-state index contributed by atoms with van der Waals surface area (Å²) in [5.41, 5.74) is 0.398. The molecule has 19 heavy (non-hydrogen) atoms. The number of piperazine rings is 1. The van der Waals surface area contributed by atoms with Gasteiger partial charge in [0, 0.05) is 37.8 Å². The van der Waals surface area contributed by atoms with Gasteiger partial charge in [-0.3, -0.25) is 4.90 Å². The predicted molar refractivity (Wildman–Crippen MR) is 74.5 cm³/mol. The molecule has 0 aliphatic carbocycles. The van der Waals surface area contributed by atoms with Gasteiger partial charge in [0.15, 0.2) is 0 Å². The Hall–Kier alpha value is -0.970. The van der Waals surface area contributed by atoms with Crippen LogP contribution in [0.5, 0.6) is 0 Å². The van der Waals surface area contributed by atoms with Crippen molar-refractivity contribution in [3.8, 4) is 0 Å². The van der Waals surface area contributed by atoms with E-state index in [1.54, 1.807) is 18.2 Å². The van der Waals surface area contributed by atoms with Crippen LogP contribution in [0.25, 0.3) is 0 Å². The van der Waals surface area contributed by atoms with E-state index in [-0.39, 0.29) is 5.82 Å². The van der Waals surface area contributed by atoms with E-state index in [0.717, 1.165) is 26.1 Å². The second-order valence-electron chi connectivity index (χ2n) is 5.34. The third-order valence-electron chi connectivity index (χ3n) is 4.03. The molecule has 1 aromatic carbocycles. The van der Waals surface area contributed by atoms with Crippen LogP contribution in [0.1, 0.15) is 25.0 Å². The van der Waals surface area contributed by atoms with Crippen molar-refractivity contribution in [3.63, 3.8) is 0 Å². The topological polar surface area (TPSA) is 26.7 Å². The minimum absolute atomic E-state index is 0.323. The van der Waals surface area contributed by atoms with Gasteiger partial charge in [0.2, 0.25) is 0 Å². The molecule has 0 bridgehead atoms. The van der Waals surface area contributed by atoms with E-state index in [1.165, 1.54) is 6.07 Å². The van der Waals surface area contributed by atoms with Crippen LogP contribution in [0.4, 0.5) is 4.39 Å². The molecule has 1 heterocycles. The molecule has 1 saturated heterocycles. The second kappa shape index (κ2) is 6.46. The summed E-state index contributed by atoms with van der Waals surface area (Å²) in [5, 5.41) is 10.2. The van der Waals surface area contributed by atoms with Crippen LogP contribution in [0.15, 0.2) is 24.3 Å². The predicted octanol–water partition coefficient (Wildman–Crippen LogP) is 1.89. The zero-order chi connectivity index (χ0) is 13.8. The normalized spacial score (nSPS) is 23.5. The molecule has 1 fully saturated rings. The summed E-state index contributed by atoms with van der Waals surface area (Å²) in [6, 6.07) is 7.00. The lowest BCUT2D eigenvalue weighted by Gasteiger charge is -2.39. The van der Waals surface area contributed by atoms with Gasteiger partial charge in [-0.05, 0) is 19.5 Å². The molecule has 0 amide bonds. The standard InChI is InChI=1S/C15H23FN2O/c1-3-12-10-18(9-8-17(12)2)11-15(19)13-6-4-5-7-14(13)16/h4-7,12,15,19H,3,8-11H2,1-2H3. The molecule has 2 atom stereocenters. The lowest BCUT2D eigenvalue weighted by Crippen LogP contribution is -2.51. The SMILES string of the molecule is CCC1CN(CC(O)c2ccccc2F)CCN1C. The average Bonchev–Trinajstić information content (AvgIpc) is 2.41.